The van der Waals surface area contributed by atoms with Crippen LogP contribution in [0.2, 0.25) is 0 Å². The maximum Gasteiger partial charge on any atom is 0.263 e. The fourth-order valence-electron chi connectivity index (χ4n) is 5.26. The number of carbonyl (C=O) groups excluding carboxylic acids is 4. The van der Waals surface area contributed by atoms with E-state index in [2.05, 4.69) is 15.6 Å². The Labute approximate surface area is 239 Å². The maximum absolute atomic E-state index is 13.7. The molecule has 10 heteroatoms. The molecule has 2 N–H and O–H groups in total. The SMILES string of the molecule is COc1ccc(C[C@H](CC(=O)[C@@H](C)NC(=O)c2cnc(C)s2)C(=O)N[C@@H](CC2CCCC2)C(=O)[C@@]2(C)CO2)cc1. The summed E-state index contributed by atoms with van der Waals surface area (Å²) in [6, 6.07) is 5.88. The molecule has 1 aliphatic carbocycles. The van der Waals surface area contributed by atoms with Gasteiger partial charge < -0.3 is 20.1 Å². The number of hydrogen-bond donors (Lipinski definition) is 2. The molecule has 1 saturated heterocycles. The number of hydrogen-bond acceptors (Lipinski definition) is 8. The Balaban J connectivity index is 1.48. The quantitative estimate of drug-likeness (QED) is 0.331. The van der Waals surface area contributed by atoms with Gasteiger partial charge in [-0.25, -0.2) is 4.98 Å². The van der Waals surface area contributed by atoms with Crippen molar-refractivity contribution in [2.75, 3.05) is 13.7 Å². The number of ether oxygens (including phenoxy) is 2. The molecule has 1 aromatic heterocycles. The molecule has 2 fully saturated rings. The van der Waals surface area contributed by atoms with Gasteiger partial charge in [-0.05, 0) is 57.2 Å². The second kappa shape index (κ2) is 13.0. The minimum absolute atomic E-state index is 0.0842. The van der Waals surface area contributed by atoms with E-state index in [1.54, 1.807) is 27.9 Å². The van der Waals surface area contributed by atoms with Crippen LogP contribution in [0, 0.1) is 18.8 Å². The highest BCUT2D eigenvalue weighted by atomic mass is 32.1. The van der Waals surface area contributed by atoms with E-state index < -0.39 is 23.6 Å². The molecular formula is C30H39N3O6S. The number of nitrogens with one attached hydrogen (secondary N) is 2. The van der Waals surface area contributed by atoms with Crippen LogP contribution in [0.15, 0.2) is 30.5 Å². The molecule has 216 valence electrons. The highest BCUT2D eigenvalue weighted by Crippen LogP contribution is 2.34. The molecule has 0 bridgehead atoms. The zero-order valence-corrected chi connectivity index (χ0v) is 24.5. The average molecular weight is 570 g/mol. The number of Topliss-reactive ketones (excluding diaryl/α,β-unsaturated/α-hetero) is 2. The summed E-state index contributed by atoms with van der Waals surface area (Å²) in [5.41, 5.74) is 0.00721. The van der Waals surface area contributed by atoms with E-state index in [9.17, 15) is 19.2 Å². The minimum atomic E-state index is -0.856. The first kappa shape index (κ1) is 29.9. The van der Waals surface area contributed by atoms with E-state index in [0.29, 0.717) is 36.0 Å². The van der Waals surface area contributed by atoms with Crippen LogP contribution in [-0.4, -0.2) is 59.8 Å². The molecule has 0 unspecified atom stereocenters. The van der Waals surface area contributed by atoms with E-state index in [1.807, 2.05) is 24.3 Å². The van der Waals surface area contributed by atoms with Crippen molar-refractivity contribution in [2.45, 2.75) is 83.4 Å². The van der Waals surface area contributed by atoms with Gasteiger partial charge in [-0.2, -0.15) is 0 Å². The molecule has 2 aliphatic rings. The third-order valence-corrected chi connectivity index (χ3v) is 8.82. The predicted molar refractivity (Wildman–Crippen MR) is 151 cm³/mol. The van der Waals surface area contributed by atoms with Gasteiger partial charge in [0, 0.05) is 12.3 Å². The summed E-state index contributed by atoms with van der Waals surface area (Å²) >= 11 is 1.25. The first-order valence-electron chi connectivity index (χ1n) is 14.0. The van der Waals surface area contributed by atoms with Gasteiger partial charge in [-0.1, -0.05) is 37.8 Å². The zero-order chi connectivity index (χ0) is 28.9. The van der Waals surface area contributed by atoms with Gasteiger partial charge in [-0.15, -0.1) is 11.3 Å². The molecule has 1 saturated carbocycles. The molecule has 0 radical (unpaired) electrons. The summed E-state index contributed by atoms with van der Waals surface area (Å²) in [4.78, 5) is 57.4. The number of amides is 2. The Morgan fingerprint density at radius 2 is 1.82 bits per heavy atom. The lowest BCUT2D eigenvalue weighted by molar-refractivity contribution is -0.134. The van der Waals surface area contributed by atoms with E-state index >= 15 is 0 Å². The largest absolute Gasteiger partial charge is 0.497 e. The van der Waals surface area contributed by atoms with Crippen molar-refractivity contribution in [3.8, 4) is 5.75 Å². The summed E-state index contributed by atoms with van der Waals surface area (Å²) in [7, 11) is 1.58. The fraction of sp³-hybridized carbons (Fsp3) is 0.567. The summed E-state index contributed by atoms with van der Waals surface area (Å²) in [5.74, 6) is -0.747. The molecule has 40 heavy (non-hydrogen) atoms. The third-order valence-electron chi connectivity index (χ3n) is 7.91. The Morgan fingerprint density at radius 3 is 2.40 bits per heavy atom. The van der Waals surface area contributed by atoms with Crippen molar-refractivity contribution in [2.24, 2.45) is 11.8 Å². The number of aryl methyl sites for hydroxylation is 1. The van der Waals surface area contributed by atoms with Crippen LogP contribution in [0.25, 0.3) is 0 Å². The Hall–Kier alpha value is -3.11. The number of epoxide rings is 1. The van der Waals surface area contributed by atoms with E-state index in [4.69, 9.17) is 9.47 Å². The number of nitrogens with zero attached hydrogens (tertiary/aromatic N) is 1. The minimum Gasteiger partial charge on any atom is -0.497 e. The van der Waals surface area contributed by atoms with Crippen LogP contribution in [0.5, 0.6) is 5.75 Å². The van der Waals surface area contributed by atoms with Crippen molar-refractivity contribution in [1.82, 2.24) is 15.6 Å². The molecule has 9 nitrogen and oxygen atoms in total. The molecular weight excluding hydrogens is 530 g/mol. The third kappa shape index (κ3) is 7.75. The first-order valence-corrected chi connectivity index (χ1v) is 14.8. The monoisotopic (exact) mass is 569 g/mol. The molecule has 2 amide bonds. The Bertz CT molecular complexity index is 1220. The number of thiazole rings is 1. The number of benzene rings is 1. The highest BCUT2D eigenvalue weighted by molar-refractivity contribution is 7.13. The second-order valence-corrected chi connectivity index (χ2v) is 12.4. The lowest BCUT2D eigenvalue weighted by Gasteiger charge is -2.26. The lowest BCUT2D eigenvalue weighted by atomic mass is 9.88. The fourth-order valence-corrected chi connectivity index (χ4v) is 5.94. The highest BCUT2D eigenvalue weighted by Gasteiger charge is 2.50. The van der Waals surface area contributed by atoms with E-state index in [0.717, 1.165) is 36.3 Å². The van der Waals surface area contributed by atoms with Gasteiger partial charge >= 0.3 is 0 Å². The van der Waals surface area contributed by atoms with Crippen LogP contribution >= 0.6 is 11.3 Å². The molecule has 0 spiro atoms. The van der Waals surface area contributed by atoms with Crippen molar-refractivity contribution in [1.29, 1.82) is 0 Å². The van der Waals surface area contributed by atoms with Crippen LogP contribution < -0.4 is 15.4 Å². The van der Waals surface area contributed by atoms with Crippen molar-refractivity contribution < 1.29 is 28.7 Å². The summed E-state index contributed by atoms with van der Waals surface area (Å²) in [6.07, 6.45) is 6.63. The van der Waals surface area contributed by atoms with Gasteiger partial charge in [0.1, 0.15) is 16.2 Å². The zero-order valence-electron chi connectivity index (χ0n) is 23.7. The molecule has 4 rings (SSSR count). The van der Waals surface area contributed by atoms with Crippen LogP contribution in [0.3, 0.4) is 0 Å². The van der Waals surface area contributed by atoms with Crippen molar-refractivity contribution in [3.05, 3.63) is 45.9 Å². The van der Waals surface area contributed by atoms with Crippen LogP contribution in [-0.2, 0) is 25.5 Å². The Morgan fingerprint density at radius 1 is 1.15 bits per heavy atom. The first-order chi connectivity index (χ1) is 19.1. The Kier molecular flexibility index (Phi) is 9.73. The molecule has 4 atom stereocenters. The van der Waals surface area contributed by atoms with Gasteiger partial charge in [-0.3, -0.25) is 19.2 Å². The van der Waals surface area contributed by atoms with E-state index in [-0.39, 0.29) is 29.8 Å². The van der Waals surface area contributed by atoms with Gasteiger partial charge in [0.2, 0.25) is 5.91 Å². The second-order valence-electron chi connectivity index (χ2n) is 11.2. The average Bonchev–Trinajstić information content (AvgIpc) is 3.28. The van der Waals surface area contributed by atoms with Gasteiger partial charge in [0.05, 0.1) is 37.0 Å². The lowest BCUT2D eigenvalue weighted by Crippen LogP contribution is -2.49. The molecule has 1 aliphatic heterocycles. The smallest absolute Gasteiger partial charge is 0.263 e. The molecule has 2 heterocycles. The standard InChI is InChI=1S/C30H39N3O6S/c1-18(32-29(37)26-16-31-19(2)40-26)25(34)15-22(13-21-9-11-23(38-4)12-10-21)28(36)33-24(14-20-7-5-6-8-20)27(35)30(3)17-39-30/h9-12,16,18,20,22,24H,5-8,13-15,17H2,1-4H3,(H,32,37)(H,33,36)/t18-,22-,24+,30-/m1/s1. The van der Waals surface area contributed by atoms with Gasteiger partial charge in [0.25, 0.3) is 5.91 Å². The number of methoxy groups -OCH3 is 1. The predicted octanol–water partition coefficient (Wildman–Crippen LogP) is 3.82. The van der Waals surface area contributed by atoms with Crippen LogP contribution in [0.4, 0.5) is 0 Å². The number of rotatable bonds is 14. The number of ketones is 2. The van der Waals surface area contributed by atoms with E-state index in [1.165, 1.54) is 17.5 Å². The number of aromatic nitrogens is 1. The van der Waals surface area contributed by atoms with Crippen molar-refractivity contribution >= 4 is 34.7 Å². The normalized spacial score (nSPS) is 20.8. The molecule has 1 aromatic carbocycles. The topological polar surface area (TPSA) is 127 Å². The van der Waals surface area contributed by atoms with Gasteiger partial charge in [0.15, 0.2) is 11.6 Å². The number of carbonyl (C=O) groups is 4. The summed E-state index contributed by atoms with van der Waals surface area (Å²) < 4.78 is 10.7. The van der Waals surface area contributed by atoms with Crippen molar-refractivity contribution in [3.63, 3.8) is 0 Å². The summed E-state index contributed by atoms with van der Waals surface area (Å²) in [5, 5.41) is 6.50. The van der Waals surface area contributed by atoms with Crippen LogP contribution in [0.1, 0.15) is 72.6 Å². The summed E-state index contributed by atoms with van der Waals surface area (Å²) in [6.45, 7) is 5.54. The molecule has 2 aromatic rings. The maximum atomic E-state index is 13.7.